The van der Waals surface area contributed by atoms with E-state index in [1.807, 2.05) is 47.3 Å². The van der Waals surface area contributed by atoms with Gasteiger partial charge in [0.2, 0.25) is 0 Å². The molecule has 1 saturated carbocycles. The maximum atomic E-state index is 12.7. The summed E-state index contributed by atoms with van der Waals surface area (Å²) in [5.41, 5.74) is 2.08. The van der Waals surface area contributed by atoms with Crippen LogP contribution in [0.4, 0.5) is 0 Å². The molecule has 0 saturated heterocycles. The number of rotatable bonds is 4. The molecule has 0 aromatic carbocycles. The lowest BCUT2D eigenvalue weighted by Gasteiger charge is -2.35. The average molecular weight is 340 g/mol. The molecule has 0 unspecified atom stereocenters. The van der Waals surface area contributed by atoms with Crippen LogP contribution in [0.3, 0.4) is 0 Å². The second-order valence-electron chi connectivity index (χ2n) is 6.50. The van der Waals surface area contributed by atoms with E-state index in [0.717, 1.165) is 30.0 Å². The fourth-order valence-electron chi connectivity index (χ4n) is 3.46. The molecule has 3 aromatic heterocycles. The monoisotopic (exact) mass is 340 g/mol. The van der Waals surface area contributed by atoms with Gasteiger partial charge in [-0.05, 0) is 31.9 Å². The Morgan fingerprint density at radius 1 is 1.36 bits per heavy atom. The van der Waals surface area contributed by atoms with E-state index in [1.54, 1.807) is 0 Å². The van der Waals surface area contributed by atoms with Gasteiger partial charge in [-0.3, -0.25) is 9.20 Å². The molecule has 8 heteroatoms. The van der Waals surface area contributed by atoms with Crippen molar-refractivity contribution in [2.75, 3.05) is 0 Å². The van der Waals surface area contributed by atoms with E-state index in [0.29, 0.717) is 11.5 Å². The first-order valence-corrected chi connectivity index (χ1v) is 8.32. The van der Waals surface area contributed by atoms with Gasteiger partial charge in [-0.2, -0.15) is 0 Å². The zero-order valence-corrected chi connectivity index (χ0v) is 14.2. The van der Waals surface area contributed by atoms with Gasteiger partial charge in [-0.1, -0.05) is 6.07 Å². The lowest BCUT2D eigenvalue weighted by Crippen LogP contribution is -2.44. The molecule has 130 valence electrons. The van der Waals surface area contributed by atoms with Gasteiger partial charge >= 0.3 is 0 Å². The molecule has 1 aliphatic carbocycles. The van der Waals surface area contributed by atoms with Gasteiger partial charge in [0.1, 0.15) is 23.8 Å². The molecule has 0 bridgehead atoms. The van der Waals surface area contributed by atoms with Gasteiger partial charge in [0.25, 0.3) is 5.91 Å². The standard InChI is InChI=1S/C17H20N6O2/c1-10-15(23-6-4-3-5-13(23)18-10)17(25)19-12-7-11(8-12)16-21-20-14(9-24)22(16)2/h3-6,11-12,24H,7-9H2,1-2H3,(H,19,25). The Morgan fingerprint density at radius 3 is 2.88 bits per heavy atom. The van der Waals surface area contributed by atoms with Crippen LogP contribution in [0.25, 0.3) is 5.65 Å². The first kappa shape index (κ1) is 15.8. The molecular weight excluding hydrogens is 320 g/mol. The summed E-state index contributed by atoms with van der Waals surface area (Å²) >= 11 is 0. The van der Waals surface area contributed by atoms with Crippen LogP contribution in [0, 0.1) is 6.92 Å². The van der Waals surface area contributed by atoms with Gasteiger partial charge in [0, 0.05) is 25.2 Å². The number of nitrogens with one attached hydrogen (secondary N) is 1. The molecule has 1 fully saturated rings. The maximum absolute atomic E-state index is 12.7. The van der Waals surface area contributed by atoms with Crippen LogP contribution in [0.5, 0.6) is 0 Å². The first-order valence-electron chi connectivity index (χ1n) is 8.32. The molecular formula is C17H20N6O2. The Bertz CT molecular complexity index is 938. The van der Waals surface area contributed by atoms with Crippen molar-refractivity contribution in [1.29, 1.82) is 0 Å². The van der Waals surface area contributed by atoms with Gasteiger partial charge in [0.15, 0.2) is 5.82 Å². The maximum Gasteiger partial charge on any atom is 0.270 e. The Balaban J connectivity index is 1.44. The number of hydrogen-bond donors (Lipinski definition) is 2. The smallest absolute Gasteiger partial charge is 0.270 e. The van der Waals surface area contributed by atoms with Crippen molar-refractivity contribution < 1.29 is 9.90 Å². The predicted molar refractivity (Wildman–Crippen MR) is 90.1 cm³/mol. The van der Waals surface area contributed by atoms with Crippen molar-refractivity contribution in [2.45, 2.75) is 38.3 Å². The molecule has 0 spiro atoms. The number of hydrogen-bond acceptors (Lipinski definition) is 5. The van der Waals surface area contributed by atoms with Crippen molar-refractivity contribution in [3.8, 4) is 0 Å². The third kappa shape index (κ3) is 2.58. The van der Waals surface area contributed by atoms with Crippen molar-refractivity contribution in [2.24, 2.45) is 7.05 Å². The highest BCUT2D eigenvalue weighted by molar-refractivity contribution is 5.94. The van der Waals surface area contributed by atoms with Crippen LogP contribution in [-0.2, 0) is 13.7 Å². The van der Waals surface area contributed by atoms with E-state index in [-0.39, 0.29) is 24.5 Å². The van der Waals surface area contributed by atoms with Crippen LogP contribution in [0.2, 0.25) is 0 Å². The highest BCUT2D eigenvalue weighted by Gasteiger charge is 2.35. The topological polar surface area (TPSA) is 97.3 Å². The van der Waals surface area contributed by atoms with E-state index in [4.69, 9.17) is 0 Å². The summed E-state index contributed by atoms with van der Waals surface area (Å²) in [7, 11) is 1.86. The molecule has 0 radical (unpaired) electrons. The molecule has 25 heavy (non-hydrogen) atoms. The molecule has 0 aliphatic heterocycles. The first-order chi connectivity index (χ1) is 12.1. The number of aromatic nitrogens is 5. The summed E-state index contributed by atoms with van der Waals surface area (Å²) in [6.07, 6.45) is 3.49. The van der Waals surface area contributed by atoms with Crippen LogP contribution < -0.4 is 5.32 Å². The number of amides is 1. The van der Waals surface area contributed by atoms with Gasteiger partial charge in [-0.25, -0.2) is 4.98 Å². The molecule has 1 aliphatic rings. The summed E-state index contributed by atoms with van der Waals surface area (Å²) in [5, 5.41) is 20.4. The van der Waals surface area contributed by atoms with Gasteiger partial charge in [0.05, 0.1) is 5.69 Å². The SMILES string of the molecule is Cc1nc2ccccn2c1C(=O)NC1CC(c2nnc(CO)n2C)C1. The highest BCUT2D eigenvalue weighted by Crippen LogP contribution is 2.36. The van der Waals surface area contributed by atoms with Crippen molar-refractivity contribution in [1.82, 2.24) is 29.5 Å². The summed E-state index contributed by atoms with van der Waals surface area (Å²) in [5.74, 6) is 1.57. The van der Waals surface area contributed by atoms with Gasteiger partial charge < -0.3 is 15.0 Å². The minimum atomic E-state index is -0.121. The Morgan fingerprint density at radius 2 is 2.16 bits per heavy atom. The Hall–Kier alpha value is -2.74. The van der Waals surface area contributed by atoms with Crippen LogP contribution in [0.15, 0.2) is 24.4 Å². The van der Waals surface area contributed by atoms with E-state index >= 15 is 0 Å². The summed E-state index contributed by atoms with van der Waals surface area (Å²) in [6.45, 7) is 1.73. The Kier molecular flexibility index (Phi) is 3.76. The summed E-state index contributed by atoms with van der Waals surface area (Å²) in [6, 6.07) is 5.79. The molecule has 3 aromatic rings. The van der Waals surface area contributed by atoms with Crippen LogP contribution in [0.1, 0.15) is 46.6 Å². The summed E-state index contributed by atoms with van der Waals surface area (Å²) < 4.78 is 3.65. The third-order valence-electron chi connectivity index (χ3n) is 4.90. The lowest BCUT2D eigenvalue weighted by molar-refractivity contribution is 0.0900. The number of aryl methyl sites for hydroxylation is 1. The third-order valence-corrected chi connectivity index (χ3v) is 4.90. The lowest BCUT2D eigenvalue weighted by atomic mass is 9.79. The Labute approximate surface area is 144 Å². The second-order valence-corrected chi connectivity index (χ2v) is 6.50. The average Bonchev–Trinajstić information content (AvgIpc) is 3.09. The minimum Gasteiger partial charge on any atom is -0.388 e. The molecule has 1 amide bonds. The number of carbonyl (C=O) groups is 1. The normalized spacial score (nSPS) is 19.8. The molecule has 3 heterocycles. The quantitative estimate of drug-likeness (QED) is 0.737. The van der Waals surface area contributed by atoms with Crippen molar-refractivity contribution in [3.63, 3.8) is 0 Å². The zero-order valence-electron chi connectivity index (χ0n) is 14.2. The number of fused-ring (bicyclic) bond motifs is 1. The number of aliphatic hydroxyl groups is 1. The van der Waals surface area contributed by atoms with Crippen LogP contribution >= 0.6 is 0 Å². The van der Waals surface area contributed by atoms with Crippen LogP contribution in [-0.4, -0.2) is 41.2 Å². The summed E-state index contributed by atoms with van der Waals surface area (Å²) in [4.78, 5) is 17.1. The number of imidazole rings is 1. The molecule has 0 atom stereocenters. The van der Waals surface area contributed by atoms with Gasteiger partial charge in [-0.15, -0.1) is 10.2 Å². The fraction of sp³-hybridized carbons (Fsp3) is 0.412. The molecule has 4 rings (SSSR count). The van der Waals surface area contributed by atoms with E-state index in [1.165, 1.54) is 0 Å². The number of aliphatic hydroxyl groups excluding tert-OH is 1. The van der Waals surface area contributed by atoms with Crippen molar-refractivity contribution >= 4 is 11.6 Å². The number of carbonyl (C=O) groups excluding carboxylic acids is 1. The minimum absolute atomic E-state index is 0.103. The largest absolute Gasteiger partial charge is 0.388 e. The number of pyridine rings is 1. The second kappa shape index (κ2) is 5.96. The number of nitrogens with zero attached hydrogens (tertiary/aromatic N) is 5. The van der Waals surface area contributed by atoms with E-state index < -0.39 is 0 Å². The molecule has 8 nitrogen and oxygen atoms in total. The fourth-order valence-corrected chi connectivity index (χ4v) is 3.46. The zero-order chi connectivity index (χ0) is 17.6. The van der Waals surface area contributed by atoms with Crippen molar-refractivity contribution in [3.05, 3.63) is 47.4 Å². The highest BCUT2D eigenvalue weighted by atomic mass is 16.3. The van der Waals surface area contributed by atoms with E-state index in [9.17, 15) is 9.90 Å². The molecule has 2 N–H and O–H groups in total. The predicted octanol–water partition coefficient (Wildman–Crippen LogP) is 0.940. The van der Waals surface area contributed by atoms with E-state index in [2.05, 4.69) is 20.5 Å².